The molecule has 1 unspecified atom stereocenters. The molecule has 142 valence electrons. The third-order valence-corrected chi connectivity index (χ3v) is 4.15. The van der Waals surface area contributed by atoms with Crippen LogP contribution in [0.5, 0.6) is 0 Å². The molecular weight excluding hydrogens is 408 g/mol. The largest absolute Gasteiger partial charge is 0.343 e. The first-order valence-electron chi connectivity index (χ1n) is 8.16. The molecule has 6 nitrogen and oxygen atoms in total. The van der Waals surface area contributed by atoms with E-state index in [2.05, 4.69) is 31.9 Å². The maximum Gasteiger partial charge on any atom is 0.315 e. The molecule has 25 heavy (non-hydrogen) atoms. The van der Waals surface area contributed by atoms with Gasteiger partial charge in [-0.1, -0.05) is 41.4 Å². The van der Waals surface area contributed by atoms with Crippen LogP contribution >= 0.6 is 28.3 Å². The summed E-state index contributed by atoms with van der Waals surface area (Å²) in [4.78, 5) is 26.2. The van der Waals surface area contributed by atoms with E-state index in [-0.39, 0.29) is 24.3 Å². The lowest BCUT2D eigenvalue weighted by Gasteiger charge is -2.24. The zero-order chi connectivity index (χ0) is 17.9. The minimum Gasteiger partial charge on any atom is -0.343 e. The van der Waals surface area contributed by atoms with E-state index in [1.165, 1.54) is 0 Å². The van der Waals surface area contributed by atoms with Gasteiger partial charge in [0, 0.05) is 31.2 Å². The Morgan fingerprint density at radius 1 is 1.24 bits per heavy atom. The molecule has 0 heterocycles. The highest BCUT2D eigenvalue weighted by Crippen LogP contribution is 2.10. The molecule has 3 amide bonds. The number of nitrogens with one attached hydrogen (secondary N) is 3. The van der Waals surface area contributed by atoms with Gasteiger partial charge in [0.15, 0.2) is 0 Å². The van der Waals surface area contributed by atoms with E-state index in [9.17, 15) is 9.59 Å². The van der Waals surface area contributed by atoms with Gasteiger partial charge in [-0.15, -0.1) is 12.4 Å². The van der Waals surface area contributed by atoms with Crippen LogP contribution in [0.3, 0.4) is 0 Å². The highest BCUT2D eigenvalue weighted by Gasteiger charge is 2.22. The first-order chi connectivity index (χ1) is 11.5. The van der Waals surface area contributed by atoms with Gasteiger partial charge < -0.3 is 20.9 Å². The predicted molar refractivity (Wildman–Crippen MR) is 107 cm³/mol. The van der Waals surface area contributed by atoms with Gasteiger partial charge in [-0.05, 0) is 31.2 Å². The number of carbonyl (C=O) groups is 2. The fourth-order valence-electron chi connectivity index (χ4n) is 2.20. The van der Waals surface area contributed by atoms with Gasteiger partial charge in [-0.25, -0.2) is 4.79 Å². The maximum absolute atomic E-state index is 12.4. The van der Waals surface area contributed by atoms with Crippen LogP contribution in [0.15, 0.2) is 28.7 Å². The van der Waals surface area contributed by atoms with Gasteiger partial charge in [0.05, 0.1) is 0 Å². The number of benzene rings is 1. The fraction of sp³-hybridized carbons (Fsp3) is 0.529. The van der Waals surface area contributed by atoms with E-state index in [1.807, 2.05) is 38.2 Å². The first kappa shape index (κ1) is 23.7. The van der Waals surface area contributed by atoms with Crippen molar-refractivity contribution < 1.29 is 9.59 Å². The number of hydrogen-bond donors (Lipinski definition) is 3. The molecule has 1 rings (SSSR count). The van der Waals surface area contributed by atoms with Crippen molar-refractivity contribution in [2.45, 2.75) is 32.4 Å². The third-order valence-electron chi connectivity index (χ3n) is 3.62. The van der Waals surface area contributed by atoms with Crippen LogP contribution in [-0.2, 0) is 11.3 Å². The molecule has 0 aliphatic heterocycles. The summed E-state index contributed by atoms with van der Waals surface area (Å²) in [6.45, 7) is 3.74. The van der Waals surface area contributed by atoms with E-state index in [1.54, 1.807) is 11.9 Å². The van der Waals surface area contributed by atoms with Crippen molar-refractivity contribution in [1.29, 1.82) is 0 Å². The summed E-state index contributed by atoms with van der Waals surface area (Å²) < 4.78 is 0.994. The van der Waals surface area contributed by atoms with E-state index in [0.717, 1.165) is 23.0 Å². The van der Waals surface area contributed by atoms with E-state index < -0.39 is 6.04 Å². The number of urea groups is 1. The highest BCUT2D eigenvalue weighted by atomic mass is 79.9. The summed E-state index contributed by atoms with van der Waals surface area (Å²) in [5, 5.41) is 8.59. The van der Waals surface area contributed by atoms with Gasteiger partial charge >= 0.3 is 6.03 Å². The van der Waals surface area contributed by atoms with Crippen LogP contribution < -0.4 is 16.0 Å². The molecule has 1 atom stereocenters. The van der Waals surface area contributed by atoms with Crippen molar-refractivity contribution in [2.24, 2.45) is 0 Å². The Hall–Kier alpha value is -1.31. The number of hydrogen-bond acceptors (Lipinski definition) is 3. The number of carbonyl (C=O) groups excluding carboxylic acids is 2. The summed E-state index contributed by atoms with van der Waals surface area (Å²) >= 11 is 3.38. The molecule has 0 saturated carbocycles. The molecule has 3 N–H and O–H groups in total. The average Bonchev–Trinajstić information content (AvgIpc) is 2.58. The molecule has 0 aliphatic rings. The second-order valence-electron chi connectivity index (χ2n) is 5.66. The van der Waals surface area contributed by atoms with Gasteiger partial charge in [0.2, 0.25) is 5.91 Å². The van der Waals surface area contributed by atoms with E-state index in [0.29, 0.717) is 19.5 Å². The minimum absolute atomic E-state index is 0. The molecule has 0 saturated heterocycles. The molecule has 0 aliphatic carbocycles. The van der Waals surface area contributed by atoms with Crippen LogP contribution in [0.4, 0.5) is 4.79 Å². The van der Waals surface area contributed by atoms with Crippen LogP contribution in [-0.4, -0.2) is 50.1 Å². The first-order valence-corrected chi connectivity index (χ1v) is 8.95. The summed E-state index contributed by atoms with van der Waals surface area (Å²) in [7, 11) is 3.60. The van der Waals surface area contributed by atoms with Crippen molar-refractivity contribution in [3.8, 4) is 0 Å². The quantitative estimate of drug-likeness (QED) is 0.558. The molecule has 0 aromatic heterocycles. The van der Waals surface area contributed by atoms with Gasteiger partial charge in [0.25, 0.3) is 0 Å². The van der Waals surface area contributed by atoms with Crippen molar-refractivity contribution in [3.05, 3.63) is 34.3 Å². The van der Waals surface area contributed by atoms with Crippen LogP contribution in [0.2, 0.25) is 0 Å². The number of nitrogens with zero attached hydrogens (tertiary/aromatic N) is 1. The van der Waals surface area contributed by atoms with Crippen molar-refractivity contribution in [2.75, 3.05) is 27.2 Å². The van der Waals surface area contributed by atoms with Crippen LogP contribution in [0.1, 0.15) is 25.3 Å². The predicted octanol–water partition coefficient (Wildman–Crippen LogP) is 2.52. The standard InChI is InChI=1S/C17H27BrN4O2.ClH/c1-4-5-15(16(23)22(3)11-10-19-2)21-17(24)20-12-13-6-8-14(18)9-7-13;/h6-9,15,19H,4-5,10-12H2,1-3H3,(H2,20,21,24);1H. The maximum atomic E-state index is 12.4. The molecule has 0 spiro atoms. The van der Waals surface area contributed by atoms with E-state index in [4.69, 9.17) is 0 Å². The average molecular weight is 436 g/mol. The molecule has 8 heteroatoms. The van der Waals surface area contributed by atoms with Crippen molar-refractivity contribution in [3.63, 3.8) is 0 Å². The SMILES string of the molecule is CCCC(NC(=O)NCc1ccc(Br)cc1)C(=O)N(C)CCNC.Cl. The fourth-order valence-corrected chi connectivity index (χ4v) is 2.46. The summed E-state index contributed by atoms with van der Waals surface area (Å²) in [6.07, 6.45) is 1.44. The summed E-state index contributed by atoms with van der Waals surface area (Å²) in [6, 6.07) is 6.90. The number of rotatable bonds is 9. The zero-order valence-electron chi connectivity index (χ0n) is 15.0. The Bertz CT molecular complexity index is 528. The van der Waals surface area contributed by atoms with Gasteiger partial charge in [0.1, 0.15) is 6.04 Å². The molecular formula is C17H28BrClN4O2. The summed E-state index contributed by atoms with van der Waals surface area (Å²) in [5.74, 6) is -0.0640. The smallest absolute Gasteiger partial charge is 0.315 e. The Morgan fingerprint density at radius 3 is 2.44 bits per heavy atom. The van der Waals surface area contributed by atoms with Crippen LogP contribution in [0, 0.1) is 0 Å². The second kappa shape index (κ2) is 13.0. The van der Waals surface area contributed by atoms with Gasteiger partial charge in [-0.3, -0.25) is 4.79 Å². The molecule has 0 bridgehead atoms. The Balaban J connectivity index is 0.00000576. The normalized spacial score (nSPS) is 11.2. The molecule has 1 aromatic rings. The second-order valence-corrected chi connectivity index (χ2v) is 6.57. The Morgan fingerprint density at radius 2 is 1.88 bits per heavy atom. The monoisotopic (exact) mass is 434 g/mol. The number of amides is 3. The lowest BCUT2D eigenvalue weighted by atomic mass is 10.1. The van der Waals surface area contributed by atoms with E-state index >= 15 is 0 Å². The number of likely N-dealkylation sites (N-methyl/N-ethyl adjacent to an activating group) is 2. The van der Waals surface area contributed by atoms with Crippen LogP contribution in [0.25, 0.3) is 0 Å². The number of halogens is 2. The van der Waals surface area contributed by atoms with Crippen molar-refractivity contribution in [1.82, 2.24) is 20.9 Å². The summed E-state index contributed by atoms with van der Waals surface area (Å²) in [5.41, 5.74) is 0.998. The zero-order valence-corrected chi connectivity index (χ0v) is 17.4. The van der Waals surface area contributed by atoms with Gasteiger partial charge in [-0.2, -0.15) is 0 Å². The molecule has 0 fully saturated rings. The minimum atomic E-state index is -0.498. The Kier molecular flexibility index (Phi) is 12.3. The Labute approximate surface area is 164 Å². The highest BCUT2D eigenvalue weighted by molar-refractivity contribution is 9.10. The lowest BCUT2D eigenvalue weighted by molar-refractivity contribution is -0.132. The topological polar surface area (TPSA) is 73.5 Å². The van der Waals surface area contributed by atoms with Crippen molar-refractivity contribution >= 4 is 40.3 Å². The third kappa shape index (κ3) is 9.09. The molecule has 1 aromatic carbocycles. The molecule has 0 radical (unpaired) electrons. The lowest BCUT2D eigenvalue weighted by Crippen LogP contribution is -2.51.